The van der Waals surface area contributed by atoms with Crippen LogP contribution in [-0.4, -0.2) is 30.3 Å². The molecular formula is C18H34N2O2. The highest BCUT2D eigenvalue weighted by atomic mass is 16.6. The fourth-order valence-electron chi connectivity index (χ4n) is 3.78. The zero-order valence-corrected chi connectivity index (χ0v) is 14.8. The average Bonchev–Trinajstić information content (AvgIpc) is 2.82. The van der Waals surface area contributed by atoms with E-state index in [0.29, 0.717) is 11.5 Å². The maximum Gasteiger partial charge on any atom is 0.407 e. The quantitative estimate of drug-likeness (QED) is 0.825. The topological polar surface area (TPSA) is 50.4 Å². The van der Waals surface area contributed by atoms with Gasteiger partial charge in [0.05, 0.1) is 0 Å². The number of carbonyl (C=O) groups excluding carboxylic acids is 1. The SMILES string of the molecule is CC1(CNC2CCCC(NC(=O)OC(C)(C)C)C2)CCCC1. The summed E-state index contributed by atoms with van der Waals surface area (Å²) in [6, 6.07) is 0.781. The van der Waals surface area contributed by atoms with Crippen molar-refractivity contribution in [2.24, 2.45) is 5.41 Å². The molecule has 0 saturated heterocycles. The maximum absolute atomic E-state index is 11.9. The van der Waals surface area contributed by atoms with Crippen molar-refractivity contribution in [2.75, 3.05) is 6.54 Å². The Morgan fingerprint density at radius 1 is 1.14 bits per heavy atom. The van der Waals surface area contributed by atoms with Gasteiger partial charge >= 0.3 is 6.09 Å². The highest BCUT2D eigenvalue weighted by Crippen LogP contribution is 2.37. The first kappa shape index (κ1) is 17.6. The van der Waals surface area contributed by atoms with Crippen LogP contribution in [0.25, 0.3) is 0 Å². The van der Waals surface area contributed by atoms with Crippen molar-refractivity contribution in [3.05, 3.63) is 0 Å². The van der Waals surface area contributed by atoms with Crippen LogP contribution in [0.1, 0.15) is 79.1 Å². The van der Waals surface area contributed by atoms with Crippen LogP contribution in [0.2, 0.25) is 0 Å². The third-order valence-electron chi connectivity index (χ3n) is 5.02. The van der Waals surface area contributed by atoms with E-state index in [-0.39, 0.29) is 12.1 Å². The summed E-state index contributed by atoms with van der Waals surface area (Å²) in [7, 11) is 0. The standard InChI is InChI=1S/C18H34N2O2/c1-17(2,3)22-16(21)20-15-9-7-8-14(12-15)19-13-18(4)10-5-6-11-18/h14-15,19H,5-13H2,1-4H3,(H,20,21). The van der Waals surface area contributed by atoms with Crippen LogP contribution in [0.4, 0.5) is 4.79 Å². The molecule has 0 aromatic carbocycles. The molecule has 4 heteroatoms. The molecule has 2 aliphatic carbocycles. The summed E-state index contributed by atoms with van der Waals surface area (Å²) in [6.45, 7) is 9.24. The molecule has 2 aliphatic rings. The molecule has 0 spiro atoms. The van der Waals surface area contributed by atoms with Gasteiger partial charge in [0, 0.05) is 18.6 Å². The van der Waals surface area contributed by atoms with Crippen molar-refractivity contribution in [3.8, 4) is 0 Å². The fraction of sp³-hybridized carbons (Fsp3) is 0.944. The zero-order chi connectivity index (χ0) is 16.2. The smallest absolute Gasteiger partial charge is 0.407 e. The molecule has 128 valence electrons. The van der Waals surface area contributed by atoms with E-state index >= 15 is 0 Å². The molecule has 0 heterocycles. The Kier molecular flexibility index (Phi) is 5.76. The molecule has 1 amide bonds. The molecule has 0 aromatic rings. The second-order valence-corrected chi connectivity index (χ2v) is 8.61. The van der Waals surface area contributed by atoms with Crippen LogP contribution < -0.4 is 10.6 Å². The number of ether oxygens (including phenoxy) is 1. The number of hydrogen-bond acceptors (Lipinski definition) is 3. The molecule has 2 unspecified atom stereocenters. The van der Waals surface area contributed by atoms with Gasteiger partial charge in [-0.25, -0.2) is 4.79 Å². The van der Waals surface area contributed by atoms with E-state index in [1.165, 1.54) is 38.5 Å². The highest BCUT2D eigenvalue weighted by Gasteiger charge is 2.31. The van der Waals surface area contributed by atoms with Crippen LogP contribution >= 0.6 is 0 Å². The first-order valence-electron chi connectivity index (χ1n) is 8.99. The van der Waals surface area contributed by atoms with Gasteiger partial charge in [0.2, 0.25) is 0 Å². The van der Waals surface area contributed by atoms with Gasteiger partial charge < -0.3 is 15.4 Å². The molecule has 2 atom stereocenters. The second kappa shape index (κ2) is 7.20. The minimum Gasteiger partial charge on any atom is -0.444 e. The van der Waals surface area contributed by atoms with Gasteiger partial charge in [0.15, 0.2) is 0 Å². The molecule has 0 aliphatic heterocycles. The van der Waals surface area contributed by atoms with Crippen LogP contribution in [0.5, 0.6) is 0 Å². The van der Waals surface area contributed by atoms with Gasteiger partial charge in [0.25, 0.3) is 0 Å². The minimum atomic E-state index is -0.423. The molecule has 2 N–H and O–H groups in total. The Morgan fingerprint density at radius 3 is 2.41 bits per heavy atom. The van der Waals surface area contributed by atoms with Crippen molar-refractivity contribution in [3.63, 3.8) is 0 Å². The van der Waals surface area contributed by atoms with Crippen molar-refractivity contribution < 1.29 is 9.53 Å². The van der Waals surface area contributed by atoms with Gasteiger partial charge in [-0.15, -0.1) is 0 Å². The summed E-state index contributed by atoms with van der Waals surface area (Å²) in [5.74, 6) is 0. The van der Waals surface area contributed by atoms with Gasteiger partial charge in [-0.1, -0.05) is 19.8 Å². The lowest BCUT2D eigenvalue weighted by Gasteiger charge is -2.34. The number of nitrogens with one attached hydrogen (secondary N) is 2. The van der Waals surface area contributed by atoms with Crippen molar-refractivity contribution in [1.29, 1.82) is 0 Å². The molecule has 0 aromatic heterocycles. The lowest BCUT2D eigenvalue weighted by molar-refractivity contribution is 0.0487. The Hall–Kier alpha value is -0.770. The first-order valence-corrected chi connectivity index (χ1v) is 8.99. The third-order valence-corrected chi connectivity index (χ3v) is 5.02. The zero-order valence-electron chi connectivity index (χ0n) is 14.8. The summed E-state index contributed by atoms with van der Waals surface area (Å²) >= 11 is 0. The predicted molar refractivity (Wildman–Crippen MR) is 90.0 cm³/mol. The molecule has 22 heavy (non-hydrogen) atoms. The summed E-state index contributed by atoms with van der Waals surface area (Å²) in [6.07, 6.45) is 9.68. The van der Waals surface area contributed by atoms with Crippen molar-refractivity contribution >= 4 is 6.09 Å². The van der Waals surface area contributed by atoms with E-state index in [0.717, 1.165) is 19.4 Å². The summed E-state index contributed by atoms with van der Waals surface area (Å²) in [5.41, 5.74) is 0.0685. The molecule has 0 radical (unpaired) electrons. The largest absolute Gasteiger partial charge is 0.444 e. The Bertz CT molecular complexity index is 370. The maximum atomic E-state index is 11.9. The summed E-state index contributed by atoms with van der Waals surface area (Å²) in [4.78, 5) is 11.9. The van der Waals surface area contributed by atoms with E-state index in [2.05, 4.69) is 17.6 Å². The molecule has 2 rings (SSSR count). The number of alkyl carbamates (subject to hydrolysis) is 1. The van der Waals surface area contributed by atoms with Gasteiger partial charge in [-0.2, -0.15) is 0 Å². The number of hydrogen-bond donors (Lipinski definition) is 2. The average molecular weight is 310 g/mol. The summed E-state index contributed by atoms with van der Waals surface area (Å²) < 4.78 is 5.36. The lowest BCUT2D eigenvalue weighted by atomic mass is 9.86. The van der Waals surface area contributed by atoms with E-state index in [9.17, 15) is 4.79 Å². The van der Waals surface area contributed by atoms with Crippen molar-refractivity contribution in [2.45, 2.75) is 96.7 Å². The number of amides is 1. The lowest BCUT2D eigenvalue weighted by Crippen LogP contribution is -2.47. The third kappa shape index (κ3) is 5.79. The summed E-state index contributed by atoms with van der Waals surface area (Å²) in [5, 5.41) is 6.81. The van der Waals surface area contributed by atoms with Crippen LogP contribution in [-0.2, 0) is 4.74 Å². The van der Waals surface area contributed by atoms with E-state index in [1.54, 1.807) is 0 Å². The monoisotopic (exact) mass is 310 g/mol. The predicted octanol–water partition coefficient (Wildman–Crippen LogP) is 3.99. The Labute approximate surface area is 135 Å². The minimum absolute atomic E-state index is 0.248. The molecule has 4 nitrogen and oxygen atoms in total. The first-order chi connectivity index (χ1) is 10.3. The molecular weight excluding hydrogens is 276 g/mol. The molecule has 2 saturated carbocycles. The van der Waals surface area contributed by atoms with Gasteiger partial charge in [-0.3, -0.25) is 0 Å². The molecule has 2 fully saturated rings. The van der Waals surface area contributed by atoms with Gasteiger partial charge in [0.1, 0.15) is 5.60 Å². The van der Waals surface area contributed by atoms with E-state index in [4.69, 9.17) is 4.74 Å². The van der Waals surface area contributed by atoms with Gasteiger partial charge in [-0.05, 0) is 64.7 Å². The van der Waals surface area contributed by atoms with E-state index in [1.807, 2.05) is 20.8 Å². The fourth-order valence-corrected chi connectivity index (χ4v) is 3.78. The Morgan fingerprint density at radius 2 is 1.77 bits per heavy atom. The number of rotatable bonds is 4. The van der Waals surface area contributed by atoms with Crippen molar-refractivity contribution in [1.82, 2.24) is 10.6 Å². The van der Waals surface area contributed by atoms with E-state index < -0.39 is 5.60 Å². The van der Waals surface area contributed by atoms with Crippen LogP contribution in [0.15, 0.2) is 0 Å². The highest BCUT2D eigenvalue weighted by molar-refractivity contribution is 5.68. The normalized spacial score (nSPS) is 28.4. The number of carbonyl (C=O) groups is 1. The Balaban J connectivity index is 1.73. The second-order valence-electron chi connectivity index (χ2n) is 8.61. The van der Waals surface area contributed by atoms with Crippen LogP contribution in [0, 0.1) is 5.41 Å². The van der Waals surface area contributed by atoms with Crippen LogP contribution in [0.3, 0.4) is 0 Å². The molecule has 0 bridgehead atoms.